The highest BCUT2D eigenvalue weighted by Gasteiger charge is 2.09. The second-order valence-electron chi connectivity index (χ2n) is 3.99. The van der Waals surface area contributed by atoms with Crippen LogP contribution in [-0.4, -0.2) is 26.6 Å². The smallest absolute Gasteiger partial charge is 0.337 e. The van der Waals surface area contributed by atoms with Crippen molar-refractivity contribution in [3.05, 3.63) is 46.7 Å². The largest absolute Gasteiger partial charge is 0.478 e. The van der Waals surface area contributed by atoms with E-state index in [1.165, 1.54) is 0 Å². The lowest BCUT2D eigenvalue weighted by molar-refractivity contribution is 0.0697. The van der Waals surface area contributed by atoms with E-state index in [0.717, 1.165) is 22.8 Å². The Labute approximate surface area is 120 Å². The number of thioether (sulfide) groups is 1. The molecule has 2 rings (SSSR count). The lowest BCUT2D eigenvalue weighted by Gasteiger charge is -2.05. The molecule has 4 nitrogen and oxygen atoms in total. The summed E-state index contributed by atoms with van der Waals surface area (Å²) in [6.07, 6.45) is 2.65. The Morgan fingerprint density at radius 1 is 1.47 bits per heavy atom. The second-order valence-corrected chi connectivity index (χ2v) is 5.57. The van der Waals surface area contributed by atoms with Gasteiger partial charge in [0.15, 0.2) is 0 Å². The zero-order valence-electron chi connectivity index (χ0n) is 10.3. The van der Waals surface area contributed by atoms with Gasteiger partial charge in [-0.3, -0.25) is 4.68 Å². The maximum absolute atomic E-state index is 11.0. The second kappa shape index (κ2) is 6.12. The Bertz CT molecular complexity index is 598. The molecule has 0 aliphatic rings. The van der Waals surface area contributed by atoms with Crippen LogP contribution in [0.1, 0.15) is 16.1 Å². The van der Waals surface area contributed by atoms with E-state index in [-0.39, 0.29) is 10.6 Å². The van der Waals surface area contributed by atoms with Gasteiger partial charge in [-0.2, -0.15) is 5.10 Å². The summed E-state index contributed by atoms with van der Waals surface area (Å²) in [6, 6.07) is 7.05. The van der Waals surface area contributed by atoms with Gasteiger partial charge in [0.2, 0.25) is 0 Å². The van der Waals surface area contributed by atoms with Crippen molar-refractivity contribution in [2.24, 2.45) is 7.05 Å². The van der Waals surface area contributed by atoms with Gasteiger partial charge in [0.1, 0.15) is 0 Å². The van der Waals surface area contributed by atoms with Crippen LogP contribution in [0.2, 0.25) is 5.02 Å². The molecule has 2 aromatic rings. The van der Waals surface area contributed by atoms with E-state index in [0.29, 0.717) is 0 Å². The van der Waals surface area contributed by atoms with Crippen LogP contribution in [0.3, 0.4) is 0 Å². The van der Waals surface area contributed by atoms with Crippen molar-refractivity contribution >= 4 is 29.3 Å². The number of carboxylic acids is 1. The molecule has 0 spiro atoms. The predicted molar refractivity (Wildman–Crippen MR) is 76.0 cm³/mol. The summed E-state index contributed by atoms with van der Waals surface area (Å²) in [5, 5.41) is 13.4. The number of hydrogen-bond donors (Lipinski definition) is 1. The fourth-order valence-electron chi connectivity index (χ4n) is 1.68. The van der Waals surface area contributed by atoms with Crippen LogP contribution in [0.15, 0.2) is 35.4 Å². The van der Waals surface area contributed by atoms with Crippen LogP contribution < -0.4 is 0 Å². The molecule has 0 saturated carbocycles. The molecule has 0 saturated heterocycles. The Hall–Kier alpha value is -1.46. The van der Waals surface area contributed by atoms with Gasteiger partial charge in [-0.05, 0) is 30.7 Å². The number of aryl methyl sites for hydroxylation is 2. The number of rotatable bonds is 5. The van der Waals surface area contributed by atoms with Gasteiger partial charge in [0.05, 0.1) is 10.6 Å². The average Bonchev–Trinajstić information content (AvgIpc) is 2.77. The SMILES string of the molecule is Cn1nccc1CCSc1ccc(Cl)c(C(=O)O)c1. The third-order valence-electron chi connectivity index (χ3n) is 2.72. The highest BCUT2D eigenvalue weighted by molar-refractivity contribution is 7.99. The minimum Gasteiger partial charge on any atom is -0.478 e. The summed E-state index contributed by atoms with van der Waals surface area (Å²) in [7, 11) is 1.91. The maximum Gasteiger partial charge on any atom is 0.337 e. The third-order valence-corrected chi connectivity index (χ3v) is 4.04. The number of halogens is 1. The molecule has 1 aromatic heterocycles. The van der Waals surface area contributed by atoms with E-state index < -0.39 is 5.97 Å². The molecule has 0 bridgehead atoms. The lowest BCUT2D eigenvalue weighted by atomic mass is 10.2. The summed E-state index contributed by atoms with van der Waals surface area (Å²) >= 11 is 7.43. The standard InChI is InChI=1S/C13H13ClN2O2S/c1-16-9(4-6-15-16)5-7-19-10-2-3-12(14)11(8-10)13(17)18/h2-4,6,8H,5,7H2,1H3,(H,17,18). The van der Waals surface area contributed by atoms with E-state index in [1.54, 1.807) is 30.1 Å². The van der Waals surface area contributed by atoms with E-state index in [2.05, 4.69) is 5.10 Å². The van der Waals surface area contributed by atoms with Crippen molar-refractivity contribution in [3.63, 3.8) is 0 Å². The van der Waals surface area contributed by atoms with Crippen LogP contribution in [0, 0.1) is 0 Å². The van der Waals surface area contributed by atoms with Crippen molar-refractivity contribution in [2.45, 2.75) is 11.3 Å². The summed E-state index contributed by atoms with van der Waals surface area (Å²) in [5.41, 5.74) is 1.30. The van der Waals surface area contributed by atoms with Crippen LogP contribution in [0.25, 0.3) is 0 Å². The summed E-state index contributed by atoms with van der Waals surface area (Å²) in [6.45, 7) is 0. The lowest BCUT2D eigenvalue weighted by Crippen LogP contribution is -2.00. The van der Waals surface area contributed by atoms with Crippen molar-refractivity contribution in [2.75, 3.05) is 5.75 Å². The summed E-state index contributed by atoms with van der Waals surface area (Å²) in [5.74, 6) is -0.140. The van der Waals surface area contributed by atoms with Crippen LogP contribution in [0.4, 0.5) is 0 Å². The van der Waals surface area contributed by atoms with Crippen LogP contribution in [-0.2, 0) is 13.5 Å². The molecule has 0 radical (unpaired) electrons. The molecule has 0 aliphatic carbocycles. The number of nitrogens with zero attached hydrogens (tertiary/aromatic N) is 2. The van der Waals surface area contributed by atoms with Crippen LogP contribution in [0.5, 0.6) is 0 Å². The third kappa shape index (κ3) is 3.52. The molecule has 1 N–H and O–H groups in total. The van der Waals surface area contributed by atoms with E-state index >= 15 is 0 Å². The molecule has 0 unspecified atom stereocenters. The van der Waals surface area contributed by atoms with E-state index in [4.69, 9.17) is 16.7 Å². The molecule has 19 heavy (non-hydrogen) atoms. The quantitative estimate of drug-likeness (QED) is 0.861. The Morgan fingerprint density at radius 3 is 2.89 bits per heavy atom. The van der Waals surface area contributed by atoms with Crippen LogP contribution >= 0.6 is 23.4 Å². The first-order chi connectivity index (χ1) is 9.08. The average molecular weight is 297 g/mol. The van der Waals surface area contributed by atoms with Crippen molar-refractivity contribution in [1.29, 1.82) is 0 Å². The summed E-state index contributed by atoms with van der Waals surface area (Å²) < 4.78 is 1.84. The van der Waals surface area contributed by atoms with Crippen molar-refractivity contribution in [1.82, 2.24) is 9.78 Å². The number of hydrogen-bond acceptors (Lipinski definition) is 3. The highest BCUT2D eigenvalue weighted by atomic mass is 35.5. The first-order valence-electron chi connectivity index (χ1n) is 5.70. The van der Waals surface area contributed by atoms with Crippen molar-refractivity contribution < 1.29 is 9.90 Å². The maximum atomic E-state index is 11.0. The number of carbonyl (C=O) groups is 1. The Kier molecular flexibility index (Phi) is 4.50. The first kappa shape index (κ1) is 14.0. The fraction of sp³-hybridized carbons (Fsp3) is 0.231. The van der Waals surface area contributed by atoms with Gasteiger partial charge in [-0.1, -0.05) is 11.6 Å². The fourth-order valence-corrected chi connectivity index (χ4v) is 2.79. The van der Waals surface area contributed by atoms with Gasteiger partial charge >= 0.3 is 5.97 Å². The Morgan fingerprint density at radius 2 is 2.26 bits per heavy atom. The molecule has 0 atom stereocenters. The minimum atomic E-state index is -1.00. The van der Waals surface area contributed by atoms with Crippen molar-refractivity contribution in [3.8, 4) is 0 Å². The first-order valence-corrected chi connectivity index (χ1v) is 7.07. The minimum absolute atomic E-state index is 0.146. The zero-order chi connectivity index (χ0) is 13.8. The van der Waals surface area contributed by atoms with Gasteiger partial charge in [-0.15, -0.1) is 11.8 Å². The normalized spacial score (nSPS) is 10.6. The zero-order valence-corrected chi connectivity index (χ0v) is 11.9. The van der Waals surface area contributed by atoms with Gasteiger partial charge in [0.25, 0.3) is 0 Å². The molecule has 0 amide bonds. The van der Waals surface area contributed by atoms with E-state index in [9.17, 15) is 4.79 Å². The van der Waals surface area contributed by atoms with Gasteiger partial charge in [0, 0.05) is 29.6 Å². The summed E-state index contributed by atoms with van der Waals surface area (Å²) in [4.78, 5) is 11.9. The predicted octanol–water partition coefficient (Wildman–Crippen LogP) is 3.11. The molecule has 0 aliphatic heterocycles. The molecule has 100 valence electrons. The van der Waals surface area contributed by atoms with E-state index in [1.807, 2.05) is 23.9 Å². The van der Waals surface area contributed by atoms with Gasteiger partial charge < -0.3 is 5.11 Å². The molecule has 6 heteroatoms. The molecule has 1 heterocycles. The number of carboxylic acid groups (broad SMARTS) is 1. The van der Waals surface area contributed by atoms with Gasteiger partial charge in [-0.25, -0.2) is 4.79 Å². The number of benzene rings is 1. The number of aromatic carboxylic acids is 1. The molecule has 1 aromatic carbocycles. The Balaban J connectivity index is 1.98. The topological polar surface area (TPSA) is 55.1 Å². The highest BCUT2D eigenvalue weighted by Crippen LogP contribution is 2.25. The monoisotopic (exact) mass is 296 g/mol. The number of aromatic nitrogens is 2. The molecule has 0 fully saturated rings. The molecular formula is C13H13ClN2O2S. The molecular weight excluding hydrogens is 284 g/mol.